The van der Waals surface area contributed by atoms with Crippen molar-refractivity contribution in [3.63, 3.8) is 0 Å². The largest absolute Gasteiger partial charge is 0.463 e. The Kier molecular flexibility index (Phi) is 6.58. The molecule has 10 heteroatoms. The number of carbonyl (C=O) groups excluding carboxylic acids is 2. The van der Waals surface area contributed by atoms with Crippen molar-refractivity contribution < 1.29 is 14.3 Å². The number of hydrogen-bond donors (Lipinski definition) is 2. The lowest BCUT2D eigenvalue weighted by Crippen LogP contribution is -2.44. The lowest BCUT2D eigenvalue weighted by Gasteiger charge is -2.21. The molecule has 0 spiro atoms. The predicted octanol–water partition coefficient (Wildman–Crippen LogP) is 2.84. The van der Waals surface area contributed by atoms with Crippen LogP contribution in [-0.4, -0.2) is 45.7 Å². The standard InChI is InChI=1S/C18H20ClN5O3S/c1-3-24-15(11-5-7-12(19)8-6-11)22-23-18(24)28-10-14-13(16(25)27-4-2)9-20-17(26)21-14/h5-8H,3-4,9-10H2,1-2H3,(H2,20,21,26). The number of carbonyl (C=O) groups is 2. The van der Waals surface area contributed by atoms with Gasteiger partial charge in [0.25, 0.3) is 0 Å². The van der Waals surface area contributed by atoms with Crippen LogP contribution in [0.5, 0.6) is 0 Å². The molecule has 1 aromatic heterocycles. The minimum absolute atomic E-state index is 0.136. The second-order valence-electron chi connectivity index (χ2n) is 5.83. The molecule has 1 aromatic carbocycles. The fraction of sp³-hybridized carbons (Fsp3) is 0.333. The number of nitrogens with one attached hydrogen (secondary N) is 2. The molecule has 0 saturated heterocycles. The molecule has 1 aliphatic heterocycles. The fourth-order valence-corrected chi connectivity index (χ4v) is 3.81. The third-order valence-electron chi connectivity index (χ3n) is 4.06. The van der Waals surface area contributed by atoms with E-state index in [1.807, 2.05) is 23.6 Å². The maximum Gasteiger partial charge on any atom is 0.337 e. The van der Waals surface area contributed by atoms with Crippen LogP contribution in [0.15, 0.2) is 40.7 Å². The second kappa shape index (κ2) is 9.11. The minimum Gasteiger partial charge on any atom is -0.463 e. The van der Waals surface area contributed by atoms with Gasteiger partial charge < -0.3 is 19.9 Å². The molecule has 3 rings (SSSR count). The van der Waals surface area contributed by atoms with E-state index in [-0.39, 0.29) is 19.2 Å². The molecule has 2 aromatic rings. The number of benzene rings is 1. The summed E-state index contributed by atoms with van der Waals surface area (Å²) in [4.78, 5) is 23.8. The average Bonchev–Trinajstić information content (AvgIpc) is 3.10. The number of hydrogen-bond acceptors (Lipinski definition) is 6. The molecule has 8 nitrogen and oxygen atoms in total. The normalized spacial score (nSPS) is 13.9. The van der Waals surface area contributed by atoms with Crippen LogP contribution in [0, 0.1) is 0 Å². The molecule has 0 bridgehead atoms. The lowest BCUT2D eigenvalue weighted by molar-refractivity contribution is -0.138. The summed E-state index contributed by atoms with van der Waals surface area (Å²) < 4.78 is 7.05. The first-order valence-electron chi connectivity index (χ1n) is 8.79. The third-order valence-corrected chi connectivity index (χ3v) is 5.30. The number of urea groups is 1. The Morgan fingerprint density at radius 1 is 1.29 bits per heavy atom. The van der Waals surface area contributed by atoms with Gasteiger partial charge in [0, 0.05) is 28.6 Å². The van der Waals surface area contributed by atoms with Gasteiger partial charge in [-0.2, -0.15) is 0 Å². The Morgan fingerprint density at radius 3 is 2.71 bits per heavy atom. The predicted molar refractivity (Wildman–Crippen MR) is 107 cm³/mol. The SMILES string of the molecule is CCOC(=O)C1=C(CSc2nnc(-c3ccc(Cl)cc3)n2CC)NC(=O)NC1. The first-order chi connectivity index (χ1) is 13.5. The Labute approximate surface area is 171 Å². The summed E-state index contributed by atoms with van der Waals surface area (Å²) in [5.41, 5.74) is 1.84. The van der Waals surface area contributed by atoms with Gasteiger partial charge in [0.15, 0.2) is 11.0 Å². The maximum absolute atomic E-state index is 12.1. The van der Waals surface area contributed by atoms with Crippen LogP contribution in [0.2, 0.25) is 5.02 Å². The van der Waals surface area contributed by atoms with E-state index in [0.717, 1.165) is 11.4 Å². The van der Waals surface area contributed by atoms with Gasteiger partial charge in [0.2, 0.25) is 0 Å². The van der Waals surface area contributed by atoms with E-state index in [9.17, 15) is 9.59 Å². The molecule has 2 N–H and O–H groups in total. The summed E-state index contributed by atoms with van der Waals surface area (Å²) in [5, 5.41) is 15.2. The Bertz CT molecular complexity index is 910. The van der Waals surface area contributed by atoms with Gasteiger partial charge in [-0.3, -0.25) is 0 Å². The molecule has 1 aliphatic rings. The summed E-state index contributed by atoms with van der Waals surface area (Å²) in [6.07, 6.45) is 0. The zero-order valence-corrected chi connectivity index (χ0v) is 17.1. The van der Waals surface area contributed by atoms with Gasteiger partial charge in [-0.1, -0.05) is 23.4 Å². The quantitative estimate of drug-likeness (QED) is 0.527. The molecule has 0 fully saturated rings. The second-order valence-corrected chi connectivity index (χ2v) is 7.21. The highest BCUT2D eigenvalue weighted by atomic mass is 35.5. The van der Waals surface area contributed by atoms with Gasteiger partial charge >= 0.3 is 12.0 Å². The van der Waals surface area contributed by atoms with E-state index in [0.29, 0.717) is 33.7 Å². The molecule has 0 radical (unpaired) electrons. The Balaban J connectivity index is 1.82. The smallest absolute Gasteiger partial charge is 0.337 e. The van der Waals surface area contributed by atoms with Gasteiger partial charge in [0.05, 0.1) is 18.7 Å². The van der Waals surface area contributed by atoms with Crippen LogP contribution in [0.1, 0.15) is 13.8 Å². The fourth-order valence-electron chi connectivity index (χ4n) is 2.70. The molecule has 0 aliphatic carbocycles. The van der Waals surface area contributed by atoms with E-state index in [1.54, 1.807) is 19.1 Å². The van der Waals surface area contributed by atoms with E-state index < -0.39 is 5.97 Å². The number of aromatic nitrogens is 3. The monoisotopic (exact) mass is 421 g/mol. The van der Waals surface area contributed by atoms with Crippen molar-refractivity contribution in [2.24, 2.45) is 0 Å². The highest BCUT2D eigenvalue weighted by Crippen LogP contribution is 2.26. The first-order valence-corrected chi connectivity index (χ1v) is 10.2. The number of ether oxygens (including phenoxy) is 1. The van der Waals surface area contributed by atoms with E-state index >= 15 is 0 Å². The Hall–Kier alpha value is -2.52. The van der Waals surface area contributed by atoms with Gasteiger partial charge in [0.1, 0.15) is 0 Å². The third kappa shape index (κ3) is 4.48. The van der Waals surface area contributed by atoms with Crippen molar-refractivity contribution in [1.29, 1.82) is 0 Å². The topological polar surface area (TPSA) is 98.1 Å². The van der Waals surface area contributed by atoms with E-state index in [1.165, 1.54) is 11.8 Å². The van der Waals surface area contributed by atoms with Crippen molar-refractivity contribution >= 4 is 35.4 Å². The number of halogens is 1. The molecule has 0 atom stereocenters. The van der Waals surface area contributed by atoms with Crippen molar-refractivity contribution in [3.8, 4) is 11.4 Å². The van der Waals surface area contributed by atoms with Crippen molar-refractivity contribution in [3.05, 3.63) is 40.6 Å². The highest BCUT2D eigenvalue weighted by Gasteiger charge is 2.24. The van der Waals surface area contributed by atoms with Gasteiger partial charge in [-0.25, -0.2) is 9.59 Å². The lowest BCUT2D eigenvalue weighted by atomic mass is 10.2. The van der Waals surface area contributed by atoms with Gasteiger partial charge in [-0.05, 0) is 38.1 Å². The van der Waals surface area contributed by atoms with Crippen molar-refractivity contribution in [2.45, 2.75) is 25.5 Å². The van der Waals surface area contributed by atoms with Crippen LogP contribution in [0.3, 0.4) is 0 Å². The molecular weight excluding hydrogens is 402 g/mol. The summed E-state index contributed by atoms with van der Waals surface area (Å²) in [6.45, 7) is 4.82. The summed E-state index contributed by atoms with van der Waals surface area (Å²) in [5.74, 6) is 0.653. The highest BCUT2D eigenvalue weighted by molar-refractivity contribution is 7.99. The minimum atomic E-state index is -0.440. The summed E-state index contributed by atoms with van der Waals surface area (Å²) in [6, 6.07) is 7.05. The molecule has 148 valence electrons. The zero-order valence-electron chi connectivity index (χ0n) is 15.5. The molecule has 28 heavy (non-hydrogen) atoms. The maximum atomic E-state index is 12.1. The molecule has 2 heterocycles. The number of amides is 2. The molecule has 0 saturated carbocycles. The van der Waals surface area contributed by atoms with Crippen LogP contribution >= 0.6 is 23.4 Å². The number of thioether (sulfide) groups is 1. The number of esters is 1. The Morgan fingerprint density at radius 2 is 2.04 bits per heavy atom. The average molecular weight is 422 g/mol. The molecule has 0 unspecified atom stereocenters. The summed E-state index contributed by atoms with van der Waals surface area (Å²) in [7, 11) is 0. The molecular formula is C18H20ClN5O3S. The van der Waals surface area contributed by atoms with E-state index in [2.05, 4.69) is 20.8 Å². The number of nitrogens with zero attached hydrogens (tertiary/aromatic N) is 3. The van der Waals surface area contributed by atoms with Crippen LogP contribution < -0.4 is 10.6 Å². The number of rotatable bonds is 7. The van der Waals surface area contributed by atoms with Crippen molar-refractivity contribution in [1.82, 2.24) is 25.4 Å². The summed E-state index contributed by atoms with van der Waals surface area (Å²) >= 11 is 7.35. The van der Waals surface area contributed by atoms with Crippen LogP contribution in [-0.2, 0) is 16.1 Å². The van der Waals surface area contributed by atoms with Crippen LogP contribution in [0.25, 0.3) is 11.4 Å². The first kappa shape index (κ1) is 20.2. The molecule has 2 amide bonds. The van der Waals surface area contributed by atoms with Crippen molar-refractivity contribution in [2.75, 3.05) is 18.9 Å². The van der Waals surface area contributed by atoms with E-state index in [4.69, 9.17) is 16.3 Å². The van der Waals surface area contributed by atoms with Gasteiger partial charge in [-0.15, -0.1) is 10.2 Å². The van der Waals surface area contributed by atoms with Crippen LogP contribution in [0.4, 0.5) is 4.79 Å². The zero-order chi connectivity index (χ0) is 20.1.